The molecular formula is C36H57NO5. The molecule has 6 nitrogen and oxygen atoms in total. The second kappa shape index (κ2) is 10.4. The number of aliphatic carboxylic acids is 2. The Balaban J connectivity index is 1.39. The lowest BCUT2D eigenvalue weighted by molar-refractivity contribution is -0.192. The summed E-state index contributed by atoms with van der Waals surface area (Å²) in [5.41, 5.74) is 1.33. The lowest BCUT2D eigenvalue weighted by Gasteiger charge is -2.71. The van der Waals surface area contributed by atoms with Crippen LogP contribution >= 0.6 is 0 Å². The van der Waals surface area contributed by atoms with Gasteiger partial charge in [-0.3, -0.25) is 14.4 Å². The Labute approximate surface area is 253 Å². The summed E-state index contributed by atoms with van der Waals surface area (Å²) in [6.45, 7) is 17.0. The first kappa shape index (κ1) is 31.6. The third-order valence-electron chi connectivity index (χ3n) is 14.5. The van der Waals surface area contributed by atoms with E-state index in [1.165, 1.54) is 5.57 Å². The van der Waals surface area contributed by atoms with Crippen molar-refractivity contribution in [3.8, 4) is 0 Å². The van der Waals surface area contributed by atoms with Gasteiger partial charge in [-0.05, 0) is 122 Å². The molecule has 1 amide bonds. The van der Waals surface area contributed by atoms with Gasteiger partial charge in [0, 0.05) is 18.9 Å². The number of carbonyl (C=O) groups excluding carboxylic acids is 1. The molecule has 3 unspecified atom stereocenters. The molecule has 8 atom stereocenters. The zero-order valence-electron chi connectivity index (χ0n) is 27.4. The second-order valence-corrected chi connectivity index (χ2v) is 17.3. The third kappa shape index (κ3) is 4.67. The quantitative estimate of drug-likeness (QED) is 0.208. The minimum atomic E-state index is -0.803. The van der Waals surface area contributed by atoms with Crippen LogP contribution in [0.1, 0.15) is 138 Å². The number of allylic oxidation sites excluding steroid dienone is 2. The molecule has 236 valence electrons. The number of carboxylic acid groups (broad SMARTS) is 2. The molecule has 0 aromatic rings. The second-order valence-electron chi connectivity index (χ2n) is 17.3. The van der Waals surface area contributed by atoms with Gasteiger partial charge in [-0.1, -0.05) is 60.1 Å². The van der Waals surface area contributed by atoms with Crippen LogP contribution in [0.15, 0.2) is 11.6 Å². The minimum Gasteiger partial charge on any atom is -0.481 e. The molecule has 0 heterocycles. The van der Waals surface area contributed by atoms with Gasteiger partial charge in [0.05, 0.1) is 5.41 Å². The van der Waals surface area contributed by atoms with Crippen molar-refractivity contribution in [3.63, 3.8) is 0 Å². The fourth-order valence-corrected chi connectivity index (χ4v) is 11.7. The predicted molar refractivity (Wildman–Crippen MR) is 165 cm³/mol. The lowest BCUT2D eigenvalue weighted by Crippen LogP contribution is -2.66. The van der Waals surface area contributed by atoms with Crippen molar-refractivity contribution in [2.45, 2.75) is 144 Å². The number of nitrogens with one attached hydrogen (secondary N) is 1. The van der Waals surface area contributed by atoms with Crippen molar-refractivity contribution in [1.82, 2.24) is 5.32 Å². The Bertz CT molecular complexity index is 1160. The Hall–Kier alpha value is -1.85. The summed E-state index contributed by atoms with van der Waals surface area (Å²) in [6.07, 6.45) is 14.2. The molecule has 0 bridgehead atoms. The Kier molecular flexibility index (Phi) is 7.79. The van der Waals surface area contributed by atoms with Crippen LogP contribution in [0.2, 0.25) is 0 Å². The van der Waals surface area contributed by atoms with E-state index in [1.807, 2.05) is 0 Å². The summed E-state index contributed by atoms with van der Waals surface area (Å²) in [7, 11) is 0. The molecule has 3 N–H and O–H groups in total. The van der Waals surface area contributed by atoms with Gasteiger partial charge in [0.15, 0.2) is 0 Å². The molecule has 5 rings (SSSR count). The van der Waals surface area contributed by atoms with Crippen LogP contribution in [0.3, 0.4) is 0 Å². The fourth-order valence-electron chi connectivity index (χ4n) is 11.7. The molecule has 4 fully saturated rings. The van der Waals surface area contributed by atoms with E-state index in [-0.39, 0.29) is 51.4 Å². The highest BCUT2D eigenvalue weighted by molar-refractivity contribution is 5.77. The van der Waals surface area contributed by atoms with Gasteiger partial charge in [0.25, 0.3) is 0 Å². The van der Waals surface area contributed by atoms with Crippen molar-refractivity contribution >= 4 is 17.8 Å². The number of unbranched alkanes of at least 4 members (excludes halogenated alkanes) is 1. The summed E-state index contributed by atoms with van der Waals surface area (Å²) in [4.78, 5) is 36.6. The van der Waals surface area contributed by atoms with Gasteiger partial charge < -0.3 is 15.5 Å². The summed E-state index contributed by atoms with van der Waals surface area (Å²) >= 11 is 0. The normalized spacial score (nSPS) is 43.5. The van der Waals surface area contributed by atoms with Crippen LogP contribution in [0.25, 0.3) is 0 Å². The zero-order valence-corrected chi connectivity index (χ0v) is 27.4. The van der Waals surface area contributed by atoms with E-state index in [9.17, 15) is 19.5 Å². The van der Waals surface area contributed by atoms with E-state index in [0.29, 0.717) is 31.1 Å². The van der Waals surface area contributed by atoms with Crippen LogP contribution in [-0.4, -0.2) is 34.1 Å². The number of carbonyl (C=O) groups is 3. The third-order valence-corrected chi connectivity index (χ3v) is 14.5. The van der Waals surface area contributed by atoms with Gasteiger partial charge in [0.2, 0.25) is 5.91 Å². The average molecular weight is 584 g/mol. The molecule has 4 saturated carbocycles. The summed E-state index contributed by atoms with van der Waals surface area (Å²) in [5, 5.41) is 22.9. The SMILES string of the molecule is CC1(C)CC[C@]2(C(=O)O)CC[C@]3(C)C(=CCC4[C@@]5(C)CC[C@@H](NC(=O)CCCCC(=O)O)C(C)(C)C5CC[C@]43C)C2C1. The molecule has 0 radical (unpaired) electrons. The molecule has 0 aromatic heterocycles. The van der Waals surface area contributed by atoms with Crippen molar-refractivity contribution in [3.05, 3.63) is 11.6 Å². The molecular weight excluding hydrogens is 526 g/mol. The van der Waals surface area contributed by atoms with Gasteiger partial charge in [0.1, 0.15) is 0 Å². The van der Waals surface area contributed by atoms with Crippen molar-refractivity contribution in [2.24, 2.45) is 50.2 Å². The van der Waals surface area contributed by atoms with Gasteiger partial charge in [-0.25, -0.2) is 0 Å². The van der Waals surface area contributed by atoms with Gasteiger partial charge in [-0.15, -0.1) is 0 Å². The summed E-state index contributed by atoms with van der Waals surface area (Å²) in [5.74, 6) is -0.138. The molecule has 0 saturated heterocycles. The van der Waals surface area contributed by atoms with Gasteiger partial charge >= 0.3 is 11.9 Å². The topological polar surface area (TPSA) is 104 Å². The molecule has 5 aliphatic rings. The van der Waals surface area contributed by atoms with E-state index < -0.39 is 17.4 Å². The number of carboxylic acids is 2. The van der Waals surface area contributed by atoms with E-state index in [4.69, 9.17) is 5.11 Å². The number of hydrogen-bond acceptors (Lipinski definition) is 3. The highest BCUT2D eigenvalue weighted by Gasteiger charge is 2.69. The average Bonchev–Trinajstić information content (AvgIpc) is 2.88. The first-order chi connectivity index (χ1) is 19.4. The van der Waals surface area contributed by atoms with Crippen LogP contribution in [0, 0.1) is 50.2 Å². The Morgan fingerprint density at radius 2 is 1.50 bits per heavy atom. The minimum absolute atomic E-state index is 0.0199. The lowest BCUT2D eigenvalue weighted by atomic mass is 9.33. The molecule has 0 aromatic carbocycles. The van der Waals surface area contributed by atoms with E-state index in [2.05, 4.69) is 59.9 Å². The molecule has 6 heteroatoms. The maximum Gasteiger partial charge on any atom is 0.310 e. The van der Waals surface area contributed by atoms with Crippen LogP contribution in [0.5, 0.6) is 0 Å². The van der Waals surface area contributed by atoms with Gasteiger partial charge in [-0.2, -0.15) is 0 Å². The van der Waals surface area contributed by atoms with E-state index >= 15 is 0 Å². The zero-order chi connectivity index (χ0) is 30.9. The van der Waals surface area contributed by atoms with Crippen molar-refractivity contribution < 1.29 is 24.6 Å². The predicted octanol–water partition coefficient (Wildman–Crippen LogP) is 8.00. The highest BCUT2D eigenvalue weighted by atomic mass is 16.4. The first-order valence-corrected chi connectivity index (χ1v) is 16.9. The Morgan fingerprint density at radius 1 is 0.833 bits per heavy atom. The standard InChI is InChI=1S/C36H57NO5/c1-31(2)18-20-36(30(41)42)21-19-34(6)23(24(36)22-31)12-13-26-33(5)16-15-27(37-28(38)10-8-9-11-29(39)40)32(3,4)25(33)14-17-35(26,34)7/h12,24-27H,8-11,13-22H2,1-7H3,(H,37,38)(H,39,40)(H,41,42)/t24?,25?,26?,27-,33+,34-,35-,36+/m1/s1. The smallest absolute Gasteiger partial charge is 0.310 e. The molecule has 42 heavy (non-hydrogen) atoms. The van der Waals surface area contributed by atoms with Crippen LogP contribution in [-0.2, 0) is 14.4 Å². The van der Waals surface area contributed by atoms with Crippen molar-refractivity contribution in [1.29, 1.82) is 0 Å². The molecule has 5 aliphatic carbocycles. The maximum atomic E-state index is 12.9. The first-order valence-electron chi connectivity index (χ1n) is 16.9. The largest absolute Gasteiger partial charge is 0.481 e. The number of hydrogen-bond donors (Lipinski definition) is 3. The monoisotopic (exact) mass is 583 g/mol. The fraction of sp³-hybridized carbons (Fsp3) is 0.861. The van der Waals surface area contributed by atoms with Crippen molar-refractivity contribution in [2.75, 3.05) is 0 Å². The highest BCUT2D eigenvalue weighted by Crippen LogP contribution is 2.75. The Morgan fingerprint density at radius 3 is 2.17 bits per heavy atom. The number of rotatable bonds is 7. The summed E-state index contributed by atoms with van der Waals surface area (Å²) < 4.78 is 0. The van der Waals surface area contributed by atoms with Crippen LogP contribution < -0.4 is 5.32 Å². The molecule has 0 aliphatic heterocycles. The summed E-state index contributed by atoms with van der Waals surface area (Å²) in [6, 6.07) is 0.132. The van der Waals surface area contributed by atoms with Crippen LogP contribution in [0.4, 0.5) is 0 Å². The van der Waals surface area contributed by atoms with E-state index in [0.717, 1.165) is 64.2 Å². The van der Waals surface area contributed by atoms with E-state index in [1.54, 1.807) is 0 Å². The number of fused-ring (bicyclic) bond motifs is 7. The molecule has 0 spiro atoms. The number of amides is 1. The maximum absolute atomic E-state index is 12.9.